The molecule has 476 valence electrons. The number of allylic oxidation sites excluding steroid dienone is 12. The molecule has 6 nitrogen and oxygen atoms in total. The van der Waals surface area contributed by atoms with Gasteiger partial charge in [0.1, 0.15) is 13.2 Å². The fourth-order valence-corrected chi connectivity index (χ4v) is 10.6. The first-order valence-electron chi connectivity index (χ1n) is 35.9. The van der Waals surface area contributed by atoms with Crippen LogP contribution >= 0.6 is 0 Å². The quantitative estimate of drug-likeness (QED) is 0.0261. The van der Waals surface area contributed by atoms with Gasteiger partial charge in [-0.25, -0.2) is 0 Å². The third kappa shape index (κ3) is 67.6. The third-order valence-corrected chi connectivity index (χ3v) is 15.9. The molecule has 0 spiro atoms. The fraction of sp³-hybridized carbons (Fsp3) is 0.803. The van der Waals surface area contributed by atoms with Crippen LogP contribution in [-0.2, 0) is 28.6 Å². The van der Waals surface area contributed by atoms with Gasteiger partial charge in [0.2, 0.25) is 0 Å². The lowest BCUT2D eigenvalue weighted by molar-refractivity contribution is -0.167. The van der Waals surface area contributed by atoms with E-state index in [0.717, 1.165) is 89.9 Å². The summed E-state index contributed by atoms with van der Waals surface area (Å²) >= 11 is 0. The van der Waals surface area contributed by atoms with Crippen molar-refractivity contribution in [2.24, 2.45) is 0 Å². The first-order valence-corrected chi connectivity index (χ1v) is 35.9. The standard InChI is InChI=1S/C76H136O6/c1-4-7-10-13-16-19-22-25-28-30-32-34-36-37-38-39-41-42-44-46-48-51-54-57-60-63-66-69-75(78)81-72-73(71-80-74(77)68-65-62-59-56-53-50-27-24-21-18-15-12-9-6-3)82-76(79)70-67-64-61-58-55-52-49-47-45-43-40-35-33-31-29-26-23-20-17-14-11-8-5-2/h7,10,16,19,23,25-26,28,31-34,73H,4-6,8-9,11-15,17-18,20-22,24,27,29-30,35-72H2,1-3H3/b10-7-,19-16-,26-23-,28-25-,33-31-,34-32-. The summed E-state index contributed by atoms with van der Waals surface area (Å²) in [4.78, 5) is 38.5. The molecule has 0 heterocycles. The molecule has 0 N–H and O–H groups in total. The van der Waals surface area contributed by atoms with Crippen LogP contribution in [0.25, 0.3) is 0 Å². The third-order valence-electron chi connectivity index (χ3n) is 15.9. The topological polar surface area (TPSA) is 78.9 Å². The number of rotatable bonds is 66. The van der Waals surface area contributed by atoms with Crippen LogP contribution in [0.3, 0.4) is 0 Å². The Hall–Kier alpha value is -3.15. The van der Waals surface area contributed by atoms with E-state index in [9.17, 15) is 14.4 Å². The molecule has 0 aromatic rings. The van der Waals surface area contributed by atoms with Gasteiger partial charge in [-0.1, -0.05) is 338 Å². The zero-order valence-corrected chi connectivity index (χ0v) is 54.8. The van der Waals surface area contributed by atoms with Gasteiger partial charge in [0, 0.05) is 19.3 Å². The Labute approximate surface area is 510 Å². The maximum Gasteiger partial charge on any atom is 0.306 e. The summed E-state index contributed by atoms with van der Waals surface area (Å²) in [6, 6.07) is 0. The van der Waals surface area contributed by atoms with E-state index in [2.05, 4.69) is 93.7 Å². The predicted octanol–water partition coefficient (Wildman–Crippen LogP) is 24.8. The second kappa shape index (κ2) is 70.3. The highest BCUT2D eigenvalue weighted by atomic mass is 16.6. The molecule has 0 aliphatic heterocycles. The van der Waals surface area contributed by atoms with Gasteiger partial charge < -0.3 is 14.2 Å². The highest BCUT2D eigenvalue weighted by Crippen LogP contribution is 2.18. The first-order chi connectivity index (χ1) is 40.5. The van der Waals surface area contributed by atoms with E-state index in [4.69, 9.17) is 14.2 Å². The van der Waals surface area contributed by atoms with Crippen molar-refractivity contribution in [3.05, 3.63) is 72.9 Å². The van der Waals surface area contributed by atoms with E-state index in [0.29, 0.717) is 19.3 Å². The van der Waals surface area contributed by atoms with E-state index in [1.54, 1.807) is 0 Å². The average molecular weight is 1150 g/mol. The fourth-order valence-electron chi connectivity index (χ4n) is 10.6. The van der Waals surface area contributed by atoms with Gasteiger partial charge in [0.25, 0.3) is 0 Å². The Morgan fingerprint density at radius 1 is 0.256 bits per heavy atom. The lowest BCUT2D eigenvalue weighted by Gasteiger charge is -2.18. The van der Waals surface area contributed by atoms with Crippen molar-refractivity contribution in [1.29, 1.82) is 0 Å². The van der Waals surface area contributed by atoms with Crippen molar-refractivity contribution in [2.75, 3.05) is 13.2 Å². The second-order valence-corrected chi connectivity index (χ2v) is 24.1. The SMILES string of the molecule is CC/C=C\C/C=C\C/C=C\C/C=C\CCCCCCCCCCCCCCCCC(=O)OCC(COC(=O)CCCCCCCCCCCCCCCC)OC(=O)CCCCCCCCCCCCC/C=C\C/C=C\CCCCCCC. The number of hydrogen-bond donors (Lipinski definition) is 0. The summed E-state index contributed by atoms with van der Waals surface area (Å²) in [5, 5.41) is 0. The Balaban J connectivity index is 4.27. The van der Waals surface area contributed by atoms with Crippen molar-refractivity contribution in [1.82, 2.24) is 0 Å². The summed E-state index contributed by atoms with van der Waals surface area (Å²) in [6.07, 6.45) is 92.1. The molecule has 0 fully saturated rings. The van der Waals surface area contributed by atoms with Crippen molar-refractivity contribution in [3.8, 4) is 0 Å². The van der Waals surface area contributed by atoms with Gasteiger partial charge in [-0.3, -0.25) is 14.4 Å². The molecule has 0 saturated heterocycles. The van der Waals surface area contributed by atoms with Crippen molar-refractivity contribution >= 4 is 17.9 Å². The van der Waals surface area contributed by atoms with Crippen molar-refractivity contribution in [3.63, 3.8) is 0 Å². The molecule has 0 aromatic carbocycles. The summed E-state index contributed by atoms with van der Waals surface area (Å²) in [5.41, 5.74) is 0. The monoisotopic (exact) mass is 1150 g/mol. The van der Waals surface area contributed by atoms with Gasteiger partial charge in [-0.05, 0) is 89.9 Å². The van der Waals surface area contributed by atoms with Crippen LogP contribution in [0.4, 0.5) is 0 Å². The van der Waals surface area contributed by atoms with Crippen LogP contribution in [0, 0.1) is 0 Å². The van der Waals surface area contributed by atoms with Gasteiger partial charge in [0.15, 0.2) is 6.10 Å². The Morgan fingerprint density at radius 2 is 0.476 bits per heavy atom. The van der Waals surface area contributed by atoms with Crippen LogP contribution < -0.4 is 0 Å². The smallest absolute Gasteiger partial charge is 0.306 e. The Bertz CT molecular complexity index is 1500. The molecule has 0 aromatic heterocycles. The molecular weight excluding hydrogens is 1010 g/mol. The lowest BCUT2D eigenvalue weighted by Crippen LogP contribution is -2.30. The number of carbonyl (C=O) groups is 3. The van der Waals surface area contributed by atoms with Gasteiger partial charge in [-0.2, -0.15) is 0 Å². The summed E-state index contributed by atoms with van der Waals surface area (Å²) < 4.78 is 17.0. The van der Waals surface area contributed by atoms with Crippen LogP contribution in [0.1, 0.15) is 374 Å². The minimum atomic E-state index is -0.776. The highest BCUT2D eigenvalue weighted by molar-refractivity contribution is 5.71. The van der Waals surface area contributed by atoms with Gasteiger partial charge >= 0.3 is 17.9 Å². The number of carbonyl (C=O) groups excluding carboxylic acids is 3. The van der Waals surface area contributed by atoms with Crippen molar-refractivity contribution < 1.29 is 28.6 Å². The van der Waals surface area contributed by atoms with Crippen LogP contribution in [0.5, 0.6) is 0 Å². The molecule has 0 saturated carbocycles. The molecule has 82 heavy (non-hydrogen) atoms. The summed E-state index contributed by atoms with van der Waals surface area (Å²) in [5.74, 6) is -0.849. The minimum absolute atomic E-state index is 0.0710. The van der Waals surface area contributed by atoms with Crippen LogP contribution in [0.2, 0.25) is 0 Å². The highest BCUT2D eigenvalue weighted by Gasteiger charge is 2.19. The van der Waals surface area contributed by atoms with Crippen molar-refractivity contribution in [2.45, 2.75) is 380 Å². The molecule has 0 amide bonds. The number of esters is 3. The Kier molecular flexibility index (Phi) is 67.6. The first kappa shape index (κ1) is 78.8. The average Bonchev–Trinajstić information content (AvgIpc) is 3.48. The van der Waals surface area contributed by atoms with Gasteiger partial charge in [-0.15, -0.1) is 0 Å². The molecular formula is C76H136O6. The van der Waals surface area contributed by atoms with Crippen LogP contribution in [0.15, 0.2) is 72.9 Å². The molecule has 0 rings (SSSR count). The number of ether oxygens (including phenoxy) is 3. The van der Waals surface area contributed by atoms with E-state index < -0.39 is 6.10 Å². The van der Waals surface area contributed by atoms with E-state index in [-0.39, 0.29) is 31.1 Å². The molecule has 0 bridgehead atoms. The molecule has 1 unspecified atom stereocenters. The zero-order valence-electron chi connectivity index (χ0n) is 54.8. The zero-order chi connectivity index (χ0) is 59.2. The summed E-state index contributed by atoms with van der Waals surface area (Å²) in [7, 11) is 0. The summed E-state index contributed by atoms with van der Waals surface area (Å²) in [6.45, 7) is 6.58. The largest absolute Gasteiger partial charge is 0.462 e. The second-order valence-electron chi connectivity index (χ2n) is 24.1. The molecule has 1 atom stereocenters. The Morgan fingerprint density at radius 3 is 0.744 bits per heavy atom. The molecule has 0 radical (unpaired) electrons. The lowest BCUT2D eigenvalue weighted by atomic mass is 10.0. The molecule has 0 aliphatic carbocycles. The molecule has 0 aliphatic rings. The minimum Gasteiger partial charge on any atom is -0.462 e. The van der Waals surface area contributed by atoms with E-state index >= 15 is 0 Å². The normalized spacial score (nSPS) is 12.5. The number of hydrogen-bond acceptors (Lipinski definition) is 6. The van der Waals surface area contributed by atoms with E-state index in [1.165, 1.54) is 244 Å². The maximum atomic E-state index is 13.0. The van der Waals surface area contributed by atoms with Gasteiger partial charge in [0.05, 0.1) is 0 Å². The van der Waals surface area contributed by atoms with Crippen LogP contribution in [-0.4, -0.2) is 37.2 Å². The number of unbranched alkanes of at least 4 members (excludes halogenated alkanes) is 43. The predicted molar refractivity (Wildman–Crippen MR) is 358 cm³/mol. The molecule has 6 heteroatoms. The van der Waals surface area contributed by atoms with E-state index in [1.807, 2.05) is 0 Å². The maximum absolute atomic E-state index is 13.0.